The Kier molecular flexibility index (Phi) is 7.22. The van der Waals surface area contributed by atoms with E-state index in [0.29, 0.717) is 40.7 Å². The third-order valence-corrected chi connectivity index (χ3v) is 7.39. The molecule has 0 atom stereocenters. The van der Waals surface area contributed by atoms with E-state index in [1.807, 2.05) is 4.57 Å². The van der Waals surface area contributed by atoms with Gasteiger partial charge in [0.05, 0.1) is 19.0 Å². The van der Waals surface area contributed by atoms with Gasteiger partial charge in [0.25, 0.3) is 5.91 Å². The highest BCUT2D eigenvalue weighted by molar-refractivity contribution is 5.95. The summed E-state index contributed by atoms with van der Waals surface area (Å²) in [5.41, 5.74) is 2.46. The molecule has 3 aromatic rings. The molecule has 10 nitrogen and oxygen atoms in total. The number of nitrogens with one attached hydrogen (secondary N) is 2. The van der Waals surface area contributed by atoms with Gasteiger partial charge in [0.1, 0.15) is 11.3 Å². The molecule has 2 aliphatic rings. The van der Waals surface area contributed by atoms with Crippen LogP contribution in [0.1, 0.15) is 61.3 Å². The Morgan fingerprint density at radius 1 is 1.14 bits per heavy atom. The van der Waals surface area contributed by atoms with Crippen molar-refractivity contribution in [3.8, 4) is 5.75 Å². The number of imidazole rings is 1. The predicted molar refractivity (Wildman–Crippen MR) is 139 cm³/mol. The number of benzene rings is 1. The maximum atomic E-state index is 12.9. The molecule has 1 saturated carbocycles. The standard InChI is InChI=1S/C26H35N7O3/c1-31-21-17-28-25(30-23(21)33(26(31)35)19-8-4-5-9-19)29-20-11-10-18(16-22(20)36-2)24(34)27-12-15-32-13-6-3-7-14-32/h10-11,16-17,19H,3-9,12-15H2,1-2H3,(H,27,34)(H,28,29,30). The topological polar surface area (TPSA) is 106 Å². The number of ether oxygens (including phenoxy) is 1. The molecule has 5 rings (SSSR count). The molecule has 10 heteroatoms. The molecular formula is C26H35N7O3. The zero-order valence-electron chi connectivity index (χ0n) is 21.1. The lowest BCUT2D eigenvalue weighted by molar-refractivity contribution is 0.0946. The first-order chi connectivity index (χ1) is 17.5. The van der Waals surface area contributed by atoms with Crippen molar-refractivity contribution < 1.29 is 9.53 Å². The van der Waals surface area contributed by atoms with Crippen molar-refractivity contribution in [3.05, 3.63) is 40.4 Å². The lowest BCUT2D eigenvalue weighted by atomic mass is 10.1. The number of hydrogen-bond donors (Lipinski definition) is 2. The minimum atomic E-state index is -0.126. The van der Waals surface area contributed by atoms with Crippen LogP contribution in [-0.4, -0.2) is 63.2 Å². The number of rotatable bonds is 8. The normalized spacial score (nSPS) is 16.9. The summed E-state index contributed by atoms with van der Waals surface area (Å²) in [5.74, 6) is 0.764. The molecule has 0 unspecified atom stereocenters. The summed E-state index contributed by atoms with van der Waals surface area (Å²) in [5, 5.41) is 6.22. The van der Waals surface area contributed by atoms with Crippen LogP contribution in [0.4, 0.5) is 11.6 Å². The van der Waals surface area contributed by atoms with Gasteiger partial charge >= 0.3 is 5.69 Å². The largest absolute Gasteiger partial charge is 0.495 e. The summed E-state index contributed by atoms with van der Waals surface area (Å²) in [7, 11) is 3.32. The van der Waals surface area contributed by atoms with Gasteiger partial charge in [-0.05, 0) is 57.0 Å². The van der Waals surface area contributed by atoms with E-state index in [4.69, 9.17) is 9.72 Å². The molecule has 0 bridgehead atoms. The molecule has 192 valence electrons. The van der Waals surface area contributed by atoms with Crippen LogP contribution in [0.3, 0.4) is 0 Å². The number of fused-ring (bicyclic) bond motifs is 1. The highest BCUT2D eigenvalue weighted by Gasteiger charge is 2.24. The molecule has 2 aromatic heterocycles. The highest BCUT2D eigenvalue weighted by atomic mass is 16.5. The second-order valence-electron chi connectivity index (χ2n) is 9.75. The number of anilines is 2. The van der Waals surface area contributed by atoms with Crippen LogP contribution < -0.4 is 21.1 Å². The fourth-order valence-electron chi connectivity index (χ4n) is 5.36. The summed E-state index contributed by atoms with van der Waals surface area (Å²) in [6.07, 6.45) is 9.67. The summed E-state index contributed by atoms with van der Waals surface area (Å²) < 4.78 is 8.98. The van der Waals surface area contributed by atoms with E-state index in [9.17, 15) is 9.59 Å². The number of hydrogen-bond acceptors (Lipinski definition) is 7. The number of aryl methyl sites for hydroxylation is 1. The van der Waals surface area contributed by atoms with Crippen molar-refractivity contribution in [1.82, 2.24) is 29.3 Å². The van der Waals surface area contributed by atoms with Crippen LogP contribution in [-0.2, 0) is 7.05 Å². The maximum absolute atomic E-state index is 12.9. The van der Waals surface area contributed by atoms with Gasteiger partial charge in [-0.1, -0.05) is 19.3 Å². The van der Waals surface area contributed by atoms with E-state index in [0.717, 1.165) is 45.3 Å². The van der Waals surface area contributed by atoms with Crippen LogP contribution in [0.15, 0.2) is 29.2 Å². The van der Waals surface area contributed by atoms with Gasteiger partial charge in [-0.25, -0.2) is 9.78 Å². The molecule has 1 amide bonds. The van der Waals surface area contributed by atoms with Crippen molar-refractivity contribution in [2.45, 2.75) is 51.0 Å². The monoisotopic (exact) mass is 493 g/mol. The van der Waals surface area contributed by atoms with Crippen LogP contribution in [0.2, 0.25) is 0 Å². The number of piperidine rings is 1. The summed E-state index contributed by atoms with van der Waals surface area (Å²) in [6.45, 7) is 3.71. The van der Waals surface area contributed by atoms with Gasteiger partial charge in [0.2, 0.25) is 5.95 Å². The van der Waals surface area contributed by atoms with Crippen molar-refractivity contribution in [2.75, 3.05) is 38.6 Å². The average Bonchev–Trinajstić information content (AvgIpc) is 3.51. The fraction of sp³-hybridized carbons (Fsp3) is 0.538. The second kappa shape index (κ2) is 10.7. The summed E-state index contributed by atoms with van der Waals surface area (Å²) in [4.78, 5) is 37.1. The van der Waals surface area contributed by atoms with Crippen molar-refractivity contribution in [2.24, 2.45) is 7.05 Å². The van der Waals surface area contributed by atoms with Crippen molar-refractivity contribution in [1.29, 1.82) is 0 Å². The SMILES string of the molecule is COc1cc(C(=O)NCCN2CCCCC2)ccc1Nc1ncc2c(n1)n(C1CCCC1)c(=O)n2C. The molecule has 36 heavy (non-hydrogen) atoms. The van der Waals surface area contributed by atoms with E-state index >= 15 is 0 Å². The Hall–Kier alpha value is -3.40. The Balaban J connectivity index is 1.31. The molecule has 1 saturated heterocycles. The van der Waals surface area contributed by atoms with E-state index in [-0.39, 0.29) is 17.6 Å². The third-order valence-electron chi connectivity index (χ3n) is 7.39. The average molecular weight is 494 g/mol. The molecule has 0 radical (unpaired) electrons. The molecule has 2 fully saturated rings. The summed E-state index contributed by atoms with van der Waals surface area (Å²) in [6, 6.07) is 5.44. The van der Waals surface area contributed by atoms with Gasteiger partial charge in [0.15, 0.2) is 5.65 Å². The molecule has 2 N–H and O–H groups in total. The van der Waals surface area contributed by atoms with Gasteiger partial charge < -0.3 is 20.3 Å². The number of carbonyl (C=O) groups excluding carboxylic acids is 1. The Morgan fingerprint density at radius 2 is 1.92 bits per heavy atom. The summed E-state index contributed by atoms with van der Waals surface area (Å²) >= 11 is 0. The first-order valence-corrected chi connectivity index (χ1v) is 12.9. The lowest BCUT2D eigenvalue weighted by Gasteiger charge is -2.26. The zero-order chi connectivity index (χ0) is 25.1. The minimum absolute atomic E-state index is 0.0587. The Bertz CT molecular complexity index is 1290. The number of likely N-dealkylation sites (tertiary alicyclic amines) is 1. The van der Waals surface area contributed by atoms with Gasteiger partial charge in [-0.2, -0.15) is 4.98 Å². The Labute approximate surface area is 210 Å². The van der Waals surface area contributed by atoms with Crippen LogP contribution >= 0.6 is 0 Å². The second-order valence-corrected chi connectivity index (χ2v) is 9.75. The van der Waals surface area contributed by atoms with Crippen molar-refractivity contribution >= 4 is 28.7 Å². The molecule has 1 aliphatic heterocycles. The van der Waals surface area contributed by atoms with Crippen LogP contribution in [0.25, 0.3) is 11.2 Å². The number of carbonyl (C=O) groups is 1. The molecule has 1 aromatic carbocycles. The van der Waals surface area contributed by atoms with E-state index in [1.165, 1.54) is 19.3 Å². The van der Waals surface area contributed by atoms with Gasteiger partial charge in [0, 0.05) is 31.7 Å². The number of methoxy groups -OCH3 is 1. The quantitative estimate of drug-likeness (QED) is 0.496. The van der Waals surface area contributed by atoms with Crippen molar-refractivity contribution in [3.63, 3.8) is 0 Å². The first-order valence-electron chi connectivity index (χ1n) is 12.9. The number of nitrogens with zero attached hydrogens (tertiary/aromatic N) is 5. The molecule has 0 spiro atoms. The molecule has 3 heterocycles. The van der Waals surface area contributed by atoms with Crippen LogP contribution in [0, 0.1) is 0 Å². The van der Waals surface area contributed by atoms with Gasteiger partial charge in [-0.3, -0.25) is 13.9 Å². The lowest BCUT2D eigenvalue weighted by Crippen LogP contribution is -2.37. The Morgan fingerprint density at radius 3 is 2.67 bits per heavy atom. The smallest absolute Gasteiger partial charge is 0.330 e. The zero-order valence-corrected chi connectivity index (χ0v) is 21.1. The van der Waals surface area contributed by atoms with Crippen LogP contribution in [0.5, 0.6) is 5.75 Å². The fourth-order valence-corrected chi connectivity index (χ4v) is 5.36. The van der Waals surface area contributed by atoms with E-state index < -0.39 is 0 Å². The molecular weight excluding hydrogens is 458 g/mol. The number of amides is 1. The first kappa shape index (κ1) is 24.3. The predicted octanol–water partition coefficient (Wildman–Crippen LogP) is 3.21. The number of aromatic nitrogens is 4. The third kappa shape index (κ3) is 4.95. The van der Waals surface area contributed by atoms with E-state index in [1.54, 1.807) is 43.1 Å². The van der Waals surface area contributed by atoms with Gasteiger partial charge in [-0.15, -0.1) is 0 Å². The maximum Gasteiger partial charge on any atom is 0.330 e. The van der Waals surface area contributed by atoms with E-state index in [2.05, 4.69) is 20.5 Å². The molecule has 1 aliphatic carbocycles. The highest BCUT2D eigenvalue weighted by Crippen LogP contribution is 2.32. The minimum Gasteiger partial charge on any atom is -0.495 e.